The average Bonchev–Trinajstić information content (AvgIpc) is 2.65. The molecule has 6 nitrogen and oxygen atoms in total. The fourth-order valence-electron chi connectivity index (χ4n) is 4.23. The molecule has 1 aromatic carbocycles. The monoisotopic (exact) mass is 354 g/mol. The van der Waals surface area contributed by atoms with E-state index in [0.717, 1.165) is 41.6 Å². The smallest absolute Gasteiger partial charge is 0.303 e. The summed E-state index contributed by atoms with van der Waals surface area (Å²) < 4.78 is 11.1. The number of ether oxygens (including phenoxy) is 2. The number of ketones is 1. The van der Waals surface area contributed by atoms with E-state index in [0.29, 0.717) is 12.3 Å². The van der Waals surface area contributed by atoms with Crippen molar-refractivity contribution in [3.8, 4) is 5.75 Å². The van der Waals surface area contributed by atoms with Gasteiger partial charge in [-0.3, -0.25) is 19.5 Å². The Hall–Kier alpha value is -2.47. The Labute approximate surface area is 152 Å². The van der Waals surface area contributed by atoms with Crippen molar-refractivity contribution in [3.63, 3.8) is 0 Å². The van der Waals surface area contributed by atoms with E-state index in [-0.39, 0.29) is 17.9 Å². The molecule has 3 saturated heterocycles. The van der Waals surface area contributed by atoms with E-state index in [9.17, 15) is 9.59 Å². The molecule has 0 radical (unpaired) electrons. The van der Waals surface area contributed by atoms with Crippen molar-refractivity contribution in [1.82, 2.24) is 9.88 Å². The lowest BCUT2D eigenvalue weighted by atomic mass is 9.79. The highest BCUT2D eigenvalue weighted by Gasteiger charge is 2.44. The Morgan fingerprint density at radius 1 is 1.35 bits per heavy atom. The molecule has 3 aliphatic rings. The van der Waals surface area contributed by atoms with E-state index >= 15 is 0 Å². The number of benzene rings is 1. The highest BCUT2D eigenvalue weighted by molar-refractivity contribution is 5.86. The molecule has 0 spiro atoms. The summed E-state index contributed by atoms with van der Waals surface area (Å²) in [6.45, 7) is 2.74. The molecule has 4 atom stereocenters. The van der Waals surface area contributed by atoms with Crippen molar-refractivity contribution >= 4 is 22.7 Å². The molecule has 3 aliphatic heterocycles. The maximum absolute atomic E-state index is 12.1. The van der Waals surface area contributed by atoms with Gasteiger partial charge in [0.15, 0.2) is 0 Å². The van der Waals surface area contributed by atoms with Crippen LogP contribution in [0.2, 0.25) is 0 Å². The third-order valence-electron chi connectivity index (χ3n) is 5.51. The molecule has 2 bridgehead atoms. The van der Waals surface area contributed by atoms with Gasteiger partial charge in [0.2, 0.25) is 0 Å². The van der Waals surface area contributed by atoms with Gasteiger partial charge in [0.05, 0.1) is 25.2 Å². The number of fused-ring (bicyclic) bond motifs is 4. The molecule has 136 valence electrons. The summed E-state index contributed by atoms with van der Waals surface area (Å²) in [6, 6.07) is 7.60. The van der Waals surface area contributed by atoms with Crippen molar-refractivity contribution in [2.45, 2.75) is 31.9 Å². The van der Waals surface area contributed by atoms with E-state index in [1.54, 1.807) is 13.3 Å². The Balaban J connectivity index is 1.79. The van der Waals surface area contributed by atoms with Crippen molar-refractivity contribution < 1.29 is 19.1 Å². The van der Waals surface area contributed by atoms with Crippen molar-refractivity contribution in [1.29, 1.82) is 0 Å². The Morgan fingerprint density at radius 3 is 2.85 bits per heavy atom. The second-order valence-electron chi connectivity index (χ2n) is 7.04. The summed E-state index contributed by atoms with van der Waals surface area (Å²) in [5.74, 6) is 0.784. The number of esters is 1. The van der Waals surface area contributed by atoms with E-state index in [2.05, 4.69) is 9.88 Å². The van der Waals surface area contributed by atoms with Crippen LogP contribution in [-0.2, 0) is 14.3 Å². The fourth-order valence-corrected chi connectivity index (χ4v) is 4.23. The molecule has 2 aromatic rings. The maximum atomic E-state index is 12.1. The lowest BCUT2D eigenvalue weighted by Gasteiger charge is -2.47. The molecule has 0 aliphatic carbocycles. The number of aromatic nitrogens is 1. The molecule has 5 rings (SSSR count). The molecule has 4 heterocycles. The third-order valence-corrected chi connectivity index (χ3v) is 5.51. The van der Waals surface area contributed by atoms with Gasteiger partial charge >= 0.3 is 5.97 Å². The third kappa shape index (κ3) is 2.94. The second kappa shape index (κ2) is 6.68. The molecule has 6 heteroatoms. The molecule has 0 N–H and O–H groups in total. The first-order chi connectivity index (χ1) is 12.6. The number of nitrogens with zero attached hydrogens (tertiary/aromatic N) is 2. The largest absolute Gasteiger partial charge is 0.497 e. The number of hydrogen-bond acceptors (Lipinski definition) is 6. The Bertz CT molecular complexity index is 866. The Kier molecular flexibility index (Phi) is 4.36. The van der Waals surface area contributed by atoms with Crippen LogP contribution in [0.1, 0.15) is 31.4 Å². The Morgan fingerprint density at radius 2 is 2.19 bits per heavy atom. The minimum atomic E-state index is -0.430. The summed E-state index contributed by atoms with van der Waals surface area (Å²) in [5.41, 5.74) is 1.74. The molecule has 0 amide bonds. The zero-order valence-corrected chi connectivity index (χ0v) is 15.0. The topological polar surface area (TPSA) is 68.7 Å². The summed E-state index contributed by atoms with van der Waals surface area (Å²) >= 11 is 0. The molecular formula is C20H22N2O4. The van der Waals surface area contributed by atoms with Crippen LogP contribution in [0.3, 0.4) is 0 Å². The van der Waals surface area contributed by atoms with Crippen LogP contribution >= 0.6 is 0 Å². The van der Waals surface area contributed by atoms with Crippen LogP contribution in [0.5, 0.6) is 5.75 Å². The number of Topliss-reactive ketones (excluding diaryl/α,β-unsaturated/α-hetero) is 1. The van der Waals surface area contributed by atoms with Crippen LogP contribution in [-0.4, -0.2) is 47.9 Å². The predicted molar refractivity (Wildman–Crippen MR) is 95.9 cm³/mol. The number of rotatable bonds is 4. The predicted octanol–water partition coefficient (Wildman–Crippen LogP) is 2.51. The number of pyridine rings is 1. The number of carbonyl (C=O) groups is 2. The maximum Gasteiger partial charge on any atom is 0.303 e. The zero-order chi connectivity index (χ0) is 18.3. The first-order valence-electron chi connectivity index (χ1n) is 8.93. The molecule has 26 heavy (non-hydrogen) atoms. The van der Waals surface area contributed by atoms with Crippen molar-refractivity contribution in [2.24, 2.45) is 5.92 Å². The minimum absolute atomic E-state index is 0.00662. The zero-order valence-electron chi connectivity index (χ0n) is 15.0. The first kappa shape index (κ1) is 17.0. The first-order valence-corrected chi connectivity index (χ1v) is 8.93. The quantitative estimate of drug-likeness (QED) is 0.786. The van der Waals surface area contributed by atoms with Gasteiger partial charge < -0.3 is 9.47 Å². The average molecular weight is 354 g/mol. The van der Waals surface area contributed by atoms with Crippen LogP contribution in [0.25, 0.3) is 10.9 Å². The van der Waals surface area contributed by atoms with Crippen LogP contribution in [0.4, 0.5) is 0 Å². The van der Waals surface area contributed by atoms with Gasteiger partial charge in [0, 0.05) is 30.0 Å². The van der Waals surface area contributed by atoms with Crippen molar-refractivity contribution in [3.05, 3.63) is 36.0 Å². The van der Waals surface area contributed by atoms with Gasteiger partial charge in [0.25, 0.3) is 0 Å². The van der Waals surface area contributed by atoms with Crippen LogP contribution in [0, 0.1) is 5.92 Å². The summed E-state index contributed by atoms with van der Waals surface area (Å²) in [5, 5.41) is 0.909. The van der Waals surface area contributed by atoms with E-state index in [4.69, 9.17) is 9.47 Å². The highest BCUT2D eigenvalue weighted by atomic mass is 16.5. The van der Waals surface area contributed by atoms with Crippen LogP contribution < -0.4 is 4.74 Å². The van der Waals surface area contributed by atoms with E-state index in [1.165, 1.54) is 6.92 Å². The van der Waals surface area contributed by atoms with E-state index < -0.39 is 6.10 Å². The fraction of sp³-hybridized carbons (Fsp3) is 0.450. The van der Waals surface area contributed by atoms with Crippen LogP contribution in [0.15, 0.2) is 30.5 Å². The molecule has 3 fully saturated rings. The highest BCUT2D eigenvalue weighted by Crippen LogP contribution is 2.40. The van der Waals surface area contributed by atoms with Gasteiger partial charge in [0.1, 0.15) is 17.6 Å². The number of piperidine rings is 3. The molecule has 0 saturated carbocycles. The normalized spacial score (nSPS) is 25.9. The molecule has 2 unspecified atom stereocenters. The summed E-state index contributed by atoms with van der Waals surface area (Å²) in [7, 11) is 1.62. The second-order valence-corrected chi connectivity index (χ2v) is 7.04. The number of methoxy groups -OCH3 is 1. The SMILES string of the molecule is COc1ccc2nccc([C@@H](OC(C)=O)[C@@H]3CC4CCN3CC4=O)c2c1. The lowest BCUT2D eigenvalue weighted by Crippen LogP contribution is -2.56. The summed E-state index contributed by atoms with van der Waals surface area (Å²) in [4.78, 5) is 30.5. The molecular weight excluding hydrogens is 332 g/mol. The standard InChI is InChI=1S/C20H22N2O4/c1-12(23)26-20(18-9-13-6-8-22(18)11-19(13)24)15-5-7-21-17-4-3-14(25-2)10-16(15)17/h3-5,7,10,13,18,20H,6,8-9,11H2,1-2H3/t13?,18-,20+/m0/s1. The summed E-state index contributed by atoms with van der Waals surface area (Å²) in [6.07, 6.45) is 2.93. The molecule has 1 aromatic heterocycles. The van der Waals surface area contributed by atoms with Crippen molar-refractivity contribution in [2.75, 3.05) is 20.2 Å². The van der Waals surface area contributed by atoms with E-state index in [1.807, 2.05) is 24.3 Å². The number of hydrogen-bond donors (Lipinski definition) is 0. The van der Waals surface area contributed by atoms with Gasteiger partial charge in [-0.25, -0.2) is 0 Å². The lowest BCUT2D eigenvalue weighted by molar-refractivity contribution is -0.155. The minimum Gasteiger partial charge on any atom is -0.497 e. The number of carbonyl (C=O) groups excluding carboxylic acids is 2. The van der Waals surface area contributed by atoms with Gasteiger partial charge in [-0.2, -0.15) is 0 Å². The van der Waals surface area contributed by atoms with Gasteiger partial charge in [-0.1, -0.05) is 0 Å². The van der Waals surface area contributed by atoms with Gasteiger partial charge in [-0.05, 0) is 43.7 Å². The van der Waals surface area contributed by atoms with Gasteiger partial charge in [-0.15, -0.1) is 0 Å².